The van der Waals surface area contributed by atoms with Gasteiger partial charge in [0, 0.05) is 5.41 Å². The zero-order valence-electron chi connectivity index (χ0n) is 10.6. The van der Waals surface area contributed by atoms with Gasteiger partial charge in [-0.25, -0.2) is 0 Å². The van der Waals surface area contributed by atoms with Crippen LogP contribution in [-0.4, -0.2) is 18.8 Å². The lowest BCUT2D eigenvalue weighted by molar-refractivity contribution is 0.0531. The number of hydrogen-bond donors (Lipinski definition) is 2. The second kappa shape index (κ2) is 5.17. The summed E-state index contributed by atoms with van der Waals surface area (Å²) < 4.78 is 5.70. The SMILES string of the molecule is CC(C)OCC(NN)C1(c2ccccc2)CC1. The summed E-state index contributed by atoms with van der Waals surface area (Å²) in [6.45, 7) is 4.77. The summed E-state index contributed by atoms with van der Waals surface area (Å²) in [7, 11) is 0. The van der Waals surface area contributed by atoms with Crippen molar-refractivity contribution in [3.63, 3.8) is 0 Å². The van der Waals surface area contributed by atoms with E-state index < -0.39 is 0 Å². The van der Waals surface area contributed by atoms with Crippen LogP contribution in [0.4, 0.5) is 0 Å². The minimum absolute atomic E-state index is 0.185. The molecule has 0 aliphatic heterocycles. The first-order chi connectivity index (χ1) is 8.19. The van der Waals surface area contributed by atoms with E-state index in [0.29, 0.717) is 6.61 Å². The molecule has 0 amide bonds. The van der Waals surface area contributed by atoms with Crippen molar-refractivity contribution in [3.8, 4) is 0 Å². The van der Waals surface area contributed by atoms with Gasteiger partial charge in [0.1, 0.15) is 0 Å². The van der Waals surface area contributed by atoms with Gasteiger partial charge in [-0.15, -0.1) is 0 Å². The molecule has 1 aliphatic carbocycles. The van der Waals surface area contributed by atoms with E-state index in [0.717, 1.165) is 0 Å². The van der Waals surface area contributed by atoms with Crippen LogP contribution in [0.1, 0.15) is 32.3 Å². The van der Waals surface area contributed by atoms with Gasteiger partial charge in [-0.2, -0.15) is 0 Å². The van der Waals surface area contributed by atoms with Crippen LogP contribution in [0.2, 0.25) is 0 Å². The first-order valence-electron chi connectivity index (χ1n) is 6.32. The van der Waals surface area contributed by atoms with Crippen LogP contribution < -0.4 is 11.3 Å². The molecule has 1 aromatic rings. The molecular weight excluding hydrogens is 212 g/mol. The van der Waals surface area contributed by atoms with Crippen molar-refractivity contribution >= 4 is 0 Å². The maximum absolute atomic E-state index is 5.70. The third-order valence-electron chi connectivity index (χ3n) is 3.60. The highest BCUT2D eigenvalue weighted by molar-refractivity contribution is 5.33. The predicted molar refractivity (Wildman–Crippen MR) is 69.6 cm³/mol. The van der Waals surface area contributed by atoms with Crippen LogP contribution in [0.25, 0.3) is 0 Å². The van der Waals surface area contributed by atoms with Gasteiger partial charge in [-0.1, -0.05) is 30.3 Å². The standard InChI is InChI=1S/C14H22N2O/c1-11(2)17-10-13(16-15)14(8-9-14)12-6-4-3-5-7-12/h3-7,11,13,16H,8-10,15H2,1-2H3. The van der Waals surface area contributed by atoms with Crippen molar-refractivity contribution in [1.29, 1.82) is 0 Å². The Bertz CT molecular complexity index is 346. The number of hydrogen-bond acceptors (Lipinski definition) is 3. The molecule has 3 N–H and O–H groups in total. The number of hydrazine groups is 1. The number of nitrogens with two attached hydrogens (primary N) is 1. The Balaban J connectivity index is 2.08. The van der Waals surface area contributed by atoms with Gasteiger partial charge in [0.25, 0.3) is 0 Å². The Morgan fingerprint density at radius 3 is 2.41 bits per heavy atom. The maximum atomic E-state index is 5.70. The maximum Gasteiger partial charge on any atom is 0.0645 e. The smallest absolute Gasteiger partial charge is 0.0645 e. The first kappa shape index (κ1) is 12.6. The molecule has 3 nitrogen and oxygen atoms in total. The van der Waals surface area contributed by atoms with Gasteiger partial charge in [0.15, 0.2) is 0 Å². The van der Waals surface area contributed by atoms with Crippen molar-refractivity contribution in [2.24, 2.45) is 5.84 Å². The van der Waals surface area contributed by atoms with Crippen LogP contribution >= 0.6 is 0 Å². The summed E-state index contributed by atoms with van der Waals surface area (Å²) in [4.78, 5) is 0. The summed E-state index contributed by atoms with van der Waals surface area (Å²) in [6.07, 6.45) is 2.62. The van der Waals surface area contributed by atoms with Gasteiger partial charge in [-0.05, 0) is 32.3 Å². The Morgan fingerprint density at radius 1 is 1.29 bits per heavy atom. The van der Waals surface area contributed by atoms with Crippen LogP contribution in [0.15, 0.2) is 30.3 Å². The van der Waals surface area contributed by atoms with E-state index in [1.165, 1.54) is 18.4 Å². The molecule has 1 saturated carbocycles. The molecule has 0 bridgehead atoms. The lowest BCUT2D eigenvalue weighted by atomic mass is 9.88. The molecule has 0 aromatic heterocycles. The second-order valence-corrected chi connectivity index (χ2v) is 5.12. The molecule has 1 unspecified atom stereocenters. The molecule has 1 atom stereocenters. The van der Waals surface area contributed by atoms with Crippen LogP contribution in [-0.2, 0) is 10.2 Å². The van der Waals surface area contributed by atoms with Crippen LogP contribution in [0.5, 0.6) is 0 Å². The van der Waals surface area contributed by atoms with Crippen molar-refractivity contribution in [1.82, 2.24) is 5.43 Å². The van der Waals surface area contributed by atoms with Gasteiger partial charge >= 0.3 is 0 Å². The second-order valence-electron chi connectivity index (χ2n) is 5.12. The van der Waals surface area contributed by atoms with Crippen LogP contribution in [0.3, 0.4) is 0 Å². The Morgan fingerprint density at radius 2 is 1.94 bits per heavy atom. The minimum Gasteiger partial charge on any atom is -0.377 e. The van der Waals surface area contributed by atoms with E-state index in [4.69, 9.17) is 10.6 Å². The highest BCUT2D eigenvalue weighted by Crippen LogP contribution is 2.50. The Labute approximate surface area is 103 Å². The number of ether oxygens (including phenoxy) is 1. The third-order valence-corrected chi connectivity index (χ3v) is 3.60. The predicted octanol–water partition coefficient (Wildman–Crippen LogP) is 1.98. The summed E-state index contributed by atoms with van der Waals surface area (Å²) in [6, 6.07) is 10.8. The Hall–Kier alpha value is -0.900. The lowest BCUT2D eigenvalue weighted by Gasteiger charge is -2.27. The molecule has 17 heavy (non-hydrogen) atoms. The third kappa shape index (κ3) is 2.68. The average molecular weight is 234 g/mol. The largest absolute Gasteiger partial charge is 0.377 e. The van der Waals surface area contributed by atoms with E-state index in [-0.39, 0.29) is 17.6 Å². The molecule has 1 fully saturated rings. The highest BCUT2D eigenvalue weighted by Gasteiger charge is 2.50. The van der Waals surface area contributed by atoms with E-state index in [1.54, 1.807) is 0 Å². The molecule has 0 radical (unpaired) electrons. The molecular formula is C14H22N2O. The zero-order valence-corrected chi connectivity index (χ0v) is 10.6. The van der Waals surface area contributed by atoms with Gasteiger partial charge < -0.3 is 4.74 Å². The number of rotatable bonds is 6. The highest BCUT2D eigenvalue weighted by atomic mass is 16.5. The van der Waals surface area contributed by atoms with Gasteiger partial charge in [0.05, 0.1) is 18.8 Å². The monoisotopic (exact) mass is 234 g/mol. The Kier molecular flexibility index (Phi) is 3.82. The number of benzene rings is 1. The zero-order chi connectivity index (χ0) is 12.3. The summed E-state index contributed by atoms with van der Waals surface area (Å²) in [5, 5.41) is 0. The van der Waals surface area contributed by atoms with Crippen molar-refractivity contribution in [3.05, 3.63) is 35.9 Å². The minimum atomic E-state index is 0.185. The van der Waals surface area contributed by atoms with Crippen molar-refractivity contribution < 1.29 is 4.74 Å². The summed E-state index contributed by atoms with van der Waals surface area (Å²) in [5.41, 5.74) is 4.49. The van der Waals surface area contributed by atoms with Crippen molar-refractivity contribution in [2.45, 2.75) is 44.2 Å². The van der Waals surface area contributed by atoms with Crippen LogP contribution in [0, 0.1) is 0 Å². The van der Waals surface area contributed by atoms with E-state index >= 15 is 0 Å². The fourth-order valence-corrected chi connectivity index (χ4v) is 2.40. The fraction of sp³-hybridized carbons (Fsp3) is 0.571. The van der Waals surface area contributed by atoms with E-state index in [2.05, 4.69) is 49.6 Å². The molecule has 1 aliphatic rings. The van der Waals surface area contributed by atoms with Gasteiger partial charge in [0.2, 0.25) is 0 Å². The fourth-order valence-electron chi connectivity index (χ4n) is 2.40. The topological polar surface area (TPSA) is 47.3 Å². The number of nitrogens with one attached hydrogen (secondary N) is 1. The molecule has 94 valence electrons. The normalized spacial score (nSPS) is 19.3. The average Bonchev–Trinajstić information content (AvgIpc) is 3.12. The molecule has 0 heterocycles. The lowest BCUT2D eigenvalue weighted by Crippen LogP contribution is -2.47. The van der Waals surface area contributed by atoms with E-state index in [1.807, 2.05) is 0 Å². The molecule has 2 rings (SSSR count). The molecule has 3 heteroatoms. The first-order valence-corrected chi connectivity index (χ1v) is 6.32. The molecule has 0 saturated heterocycles. The quantitative estimate of drug-likeness (QED) is 0.584. The van der Waals surface area contributed by atoms with Gasteiger partial charge in [-0.3, -0.25) is 11.3 Å². The molecule has 0 spiro atoms. The van der Waals surface area contributed by atoms with E-state index in [9.17, 15) is 0 Å². The molecule has 1 aromatic carbocycles. The summed E-state index contributed by atoms with van der Waals surface area (Å²) in [5.74, 6) is 5.69. The van der Waals surface area contributed by atoms with Crippen molar-refractivity contribution in [2.75, 3.05) is 6.61 Å². The summed E-state index contributed by atoms with van der Waals surface area (Å²) >= 11 is 0.